The first kappa shape index (κ1) is 20.8. The monoisotopic (exact) mass is 439 g/mol. The fourth-order valence-corrected chi connectivity index (χ4v) is 5.38. The number of benzene rings is 1. The van der Waals surface area contributed by atoms with E-state index >= 15 is 0 Å². The Bertz CT molecular complexity index is 1040. The van der Waals surface area contributed by atoms with E-state index < -0.39 is 0 Å². The molecule has 0 unspecified atom stereocenters. The number of carbonyl (C=O) groups is 2. The van der Waals surface area contributed by atoms with Gasteiger partial charge >= 0.3 is 0 Å². The third kappa shape index (κ3) is 3.49. The number of likely N-dealkylation sites (tertiary alicyclic amines) is 1. The minimum atomic E-state index is 0.0130. The van der Waals surface area contributed by atoms with Crippen molar-refractivity contribution in [2.75, 3.05) is 27.3 Å². The fourth-order valence-electron chi connectivity index (χ4n) is 5.38. The maximum Gasteiger partial charge on any atom is 0.242 e. The first-order valence-electron chi connectivity index (χ1n) is 11.3. The van der Waals surface area contributed by atoms with E-state index in [9.17, 15) is 9.59 Å². The maximum absolute atomic E-state index is 13.2. The highest BCUT2D eigenvalue weighted by Crippen LogP contribution is 2.41. The van der Waals surface area contributed by atoms with E-state index in [0.717, 1.165) is 49.3 Å². The zero-order valence-corrected chi connectivity index (χ0v) is 18.6. The van der Waals surface area contributed by atoms with Gasteiger partial charge in [-0.05, 0) is 37.5 Å². The first-order chi connectivity index (χ1) is 15.6. The quantitative estimate of drug-likeness (QED) is 0.711. The molecule has 2 aliphatic heterocycles. The topological polar surface area (TPSA) is 89.8 Å². The zero-order chi connectivity index (χ0) is 22.2. The molecule has 1 aromatic heterocycles. The number of rotatable bonds is 5. The number of fused-ring (bicyclic) bond motifs is 3. The van der Waals surface area contributed by atoms with Crippen molar-refractivity contribution in [1.82, 2.24) is 24.6 Å². The standard InChI is InChI=1S/C23H29N5O4/c1-31-18-10-9-15(12-19(18)32-2)23-25-24-20-13-27(16-6-3-4-7-17(16)28(20)23)22(30)14-26-11-5-8-21(26)29/h9-10,12,16-17H,3-8,11,13-14H2,1-2H3/t16-,17+/m1/s1. The Morgan fingerprint density at radius 3 is 2.56 bits per heavy atom. The van der Waals surface area contributed by atoms with Gasteiger partial charge in [0.15, 0.2) is 23.1 Å². The van der Waals surface area contributed by atoms with Crippen LogP contribution < -0.4 is 9.47 Å². The molecule has 1 saturated carbocycles. The maximum atomic E-state index is 13.2. The number of nitrogens with zero attached hydrogens (tertiary/aromatic N) is 5. The van der Waals surface area contributed by atoms with E-state index in [2.05, 4.69) is 14.8 Å². The van der Waals surface area contributed by atoms with Crippen LogP contribution in [0.1, 0.15) is 50.4 Å². The fraction of sp³-hybridized carbons (Fsp3) is 0.565. The lowest BCUT2D eigenvalue weighted by molar-refractivity contribution is -0.142. The Hall–Kier alpha value is -3.10. The predicted octanol–water partition coefficient (Wildman–Crippen LogP) is 2.41. The van der Waals surface area contributed by atoms with E-state index in [1.807, 2.05) is 23.1 Å². The molecule has 32 heavy (non-hydrogen) atoms. The lowest BCUT2D eigenvalue weighted by Gasteiger charge is -2.45. The van der Waals surface area contributed by atoms with Gasteiger partial charge in [0.1, 0.15) is 0 Å². The molecule has 2 fully saturated rings. The van der Waals surface area contributed by atoms with Gasteiger partial charge in [-0.1, -0.05) is 12.8 Å². The average molecular weight is 440 g/mol. The molecule has 5 rings (SSSR count). The summed E-state index contributed by atoms with van der Waals surface area (Å²) < 4.78 is 13.1. The molecule has 3 aliphatic rings. The Balaban J connectivity index is 1.47. The molecule has 2 aromatic rings. The summed E-state index contributed by atoms with van der Waals surface area (Å²) >= 11 is 0. The largest absolute Gasteiger partial charge is 0.493 e. The minimum absolute atomic E-state index is 0.0130. The van der Waals surface area contributed by atoms with Gasteiger partial charge in [-0.25, -0.2) is 0 Å². The minimum Gasteiger partial charge on any atom is -0.493 e. The van der Waals surface area contributed by atoms with Crippen molar-refractivity contribution in [3.05, 3.63) is 24.0 Å². The Labute approximate surface area is 187 Å². The second-order valence-corrected chi connectivity index (χ2v) is 8.74. The molecule has 0 radical (unpaired) electrons. The second-order valence-electron chi connectivity index (χ2n) is 8.74. The molecule has 1 saturated heterocycles. The molecule has 3 heterocycles. The van der Waals surface area contributed by atoms with Crippen LogP contribution in [0.3, 0.4) is 0 Å². The van der Waals surface area contributed by atoms with Crippen molar-refractivity contribution in [3.8, 4) is 22.9 Å². The summed E-state index contributed by atoms with van der Waals surface area (Å²) in [5.74, 6) is 2.98. The van der Waals surface area contributed by atoms with Crippen molar-refractivity contribution >= 4 is 11.8 Å². The number of hydrogen-bond donors (Lipinski definition) is 0. The van der Waals surface area contributed by atoms with Gasteiger partial charge in [0, 0.05) is 18.5 Å². The summed E-state index contributed by atoms with van der Waals surface area (Å²) in [5.41, 5.74) is 0.910. The van der Waals surface area contributed by atoms with Crippen LogP contribution >= 0.6 is 0 Å². The summed E-state index contributed by atoms with van der Waals surface area (Å²) in [4.78, 5) is 28.9. The molecule has 9 heteroatoms. The zero-order valence-electron chi connectivity index (χ0n) is 18.6. The van der Waals surface area contributed by atoms with Crippen molar-refractivity contribution in [2.45, 2.75) is 57.2 Å². The predicted molar refractivity (Wildman–Crippen MR) is 116 cm³/mol. The number of hydrogen-bond acceptors (Lipinski definition) is 6. The Morgan fingerprint density at radius 2 is 1.84 bits per heavy atom. The Morgan fingerprint density at radius 1 is 1.06 bits per heavy atom. The van der Waals surface area contributed by atoms with Gasteiger partial charge < -0.3 is 23.8 Å². The van der Waals surface area contributed by atoms with E-state index in [-0.39, 0.29) is 30.4 Å². The highest BCUT2D eigenvalue weighted by atomic mass is 16.5. The number of carbonyl (C=O) groups excluding carboxylic acids is 2. The molecular formula is C23H29N5O4. The number of aromatic nitrogens is 3. The molecule has 0 bridgehead atoms. The van der Waals surface area contributed by atoms with Crippen LogP contribution in [-0.4, -0.2) is 69.7 Å². The van der Waals surface area contributed by atoms with Crippen LogP contribution in [0, 0.1) is 0 Å². The van der Waals surface area contributed by atoms with Crippen molar-refractivity contribution in [3.63, 3.8) is 0 Å². The SMILES string of the molecule is COc1ccc(-c2nnc3n2[C@H]2CCCC[C@H]2N(C(=O)CN2CCCC2=O)C3)cc1OC. The van der Waals surface area contributed by atoms with Crippen LogP contribution in [0.25, 0.3) is 11.4 Å². The third-order valence-corrected chi connectivity index (χ3v) is 6.96. The van der Waals surface area contributed by atoms with Gasteiger partial charge in [0.05, 0.1) is 39.4 Å². The van der Waals surface area contributed by atoms with Crippen LogP contribution in [0.2, 0.25) is 0 Å². The van der Waals surface area contributed by atoms with E-state index in [4.69, 9.17) is 9.47 Å². The van der Waals surface area contributed by atoms with Crippen LogP contribution in [-0.2, 0) is 16.1 Å². The summed E-state index contributed by atoms with van der Waals surface area (Å²) in [6, 6.07) is 5.98. The molecule has 0 N–H and O–H groups in total. The summed E-state index contributed by atoms with van der Waals surface area (Å²) in [7, 11) is 3.23. The van der Waals surface area contributed by atoms with Crippen molar-refractivity contribution < 1.29 is 19.1 Å². The number of ether oxygens (including phenoxy) is 2. The number of methoxy groups -OCH3 is 2. The molecule has 0 spiro atoms. The van der Waals surface area contributed by atoms with Crippen LogP contribution in [0.5, 0.6) is 11.5 Å². The van der Waals surface area contributed by atoms with Gasteiger partial charge in [-0.3, -0.25) is 9.59 Å². The molecule has 170 valence electrons. The van der Waals surface area contributed by atoms with Crippen LogP contribution in [0.4, 0.5) is 0 Å². The summed E-state index contributed by atoms with van der Waals surface area (Å²) in [6.45, 7) is 1.26. The summed E-state index contributed by atoms with van der Waals surface area (Å²) in [5, 5.41) is 8.98. The summed E-state index contributed by atoms with van der Waals surface area (Å²) in [6.07, 6.45) is 5.51. The van der Waals surface area contributed by atoms with Gasteiger partial charge in [0.2, 0.25) is 11.8 Å². The lowest BCUT2D eigenvalue weighted by atomic mass is 9.87. The number of amides is 2. The van der Waals surface area contributed by atoms with Gasteiger partial charge in [-0.2, -0.15) is 0 Å². The molecule has 9 nitrogen and oxygen atoms in total. The highest BCUT2D eigenvalue weighted by molar-refractivity contribution is 5.86. The van der Waals surface area contributed by atoms with Crippen molar-refractivity contribution in [2.24, 2.45) is 0 Å². The van der Waals surface area contributed by atoms with E-state index in [1.165, 1.54) is 0 Å². The van der Waals surface area contributed by atoms with E-state index in [1.54, 1.807) is 19.1 Å². The smallest absolute Gasteiger partial charge is 0.242 e. The average Bonchev–Trinajstić information content (AvgIpc) is 3.44. The molecule has 1 aromatic carbocycles. The van der Waals surface area contributed by atoms with Gasteiger partial charge in [-0.15, -0.1) is 10.2 Å². The highest BCUT2D eigenvalue weighted by Gasteiger charge is 2.41. The molecule has 1 aliphatic carbocycles. The second kappa shape index (κ2) is 8.44. The molecular weight excluding hydrogens is 410 g/mol. The van der Waals surface area contributed by atoms with Crippen LogP contribution in [0.15, 0.2) is 18.2 Å². The lowest BCUT2D eigenvalue weighted by Crippen LogP contribution is -2.53. The van der Waals surface area contributed by atoms with Crippen molar-refractivity contribution in [1.29, 1.82) is 0 Å². The Kier molecular flexibility index (Phi) is 5.48. The van der Waals surface area contributed by atoms with E-state index in [0.29, 0.717) is 31.0 Å². The normalized spacial score (nSPS) is 22.5. The van der Waals surface area contributed by atoms with Gasteiger partial charge in [0.25, 0.3) is 0 Å². The molecule has 2 amide bonds. The third-order valence-electron chi connectivity index (χ3n) is 6.96. The first-order valence-corrected chi connectivity index (χ1v) is 11.3. The molecule has 2 atom stereocenters.